The lowest BCUT2D eigenvalue weighted by Gasteiger charge is -2.20. The third kappa shape index (κ3) is 5.09. The SMILES string of the molecule is COc1ccc(C(=O)Nc2ccc3c(c2)CN(Cc2cc(F)cc(F)c2)C(=O)CO3)cc1OC. The summed E-state index contributed by atoms with van der Waals surface area (Å²) in [5.74, 6) is -0.693. The second-order valence-corrected chi connectivity index (χ2v) is 7.66. The molecule has 4 rings (SSSR count). The van der Waals surface area contributed by atoms with Crippen LogP contribution in [0.2, 0.25) is 0 Å². The smallest absolute Gasteiger partial charge is 0.261 e. The van der Waals surface area contributed by atoms with E-state index in [4.69, 9.17) is 14.2 Å². The fourth-order valence-electron chi connectivity index (χ4n) is 3.69. The fourth-order valence-corrected chi connectivity index (χ4v) is 3.69. The summed E-state index contributed by atoms with van der Waals surface area (Å²) in [4.78, 5) is 26.7. The average molecular weight is 468 g/mol. The van der Waals surface area contributed by atoms with Crippen molar-refractivity contribution in [1.29, 1.82) is 0 Å². The molecule has 0 unspecified atom stereocenters. The number of methoxy groups -OCH3 is 2. The van der Waals surface area contributed by atoms with E-state index < -0.39 is 11.6 Å². The highest BCUT2D eigenvalue weighted by Gasteiger charge is 2.23. The third-order valence-corrected chi connectivity index (χ3v) is 5.32. The van der Waals surface area contributed by atoms with Gasteiger partial charge in [0.05, 0.1) is 14.2 Å². The Labute approximate surface area is 194 Å². The van der Waals surface area contributed by atoms with Crippen molar-refractivity contribution in [3.05, 3.63) is 82.9 Å². The van der Waals surface area contributed by atoms with E-state index in [1.807, 2.05) is 0 Å². The molecule has 0 saturated heterocycles. The summed E-state index contributed by atoms with van der Waals surface area (Å²) in [6.07, 6.45) is 0. The van der Waals surface area contributed by atoms with E-state index in [1.165, 1.54) is 31.3 Å². The molecule has 0 atom stereocenters. The standard InChI is InChI=1S/C25H22F2N2O5/c1-32-22-5-3-16(10-23(22)33-2)25(31)28-20-4-6-21-17(9-20)13-29(24(30)14-34-21)12-15-7-18(26)11-19(27)8-15/h3-11H,12-14H2,1-2H3,(H,28,31). The van der Waals surface area contributed by atoms with Crippen LogP contribution in [-0.2, 0) is 17.9 Å². The van der Waals surface area contributed by atoms with Crippen molar-refractivity contribution in [3.8, 4) is 17.2 Å². The molecule has 34 heavy (non-hydrogen) atoms. The number of carbonyl (C=O) groups excluding carboxylic acids is 2. The first-order valence-corrected chi connectivity index (χ1v) is 10.4. The van der Waals surface area contributed by atoms with E-state index in [0.29, 0.717) is 39.6 Å². The number of nitrogens with one attached hydrogen (secondary N) is 1. The molecular weight excluding hydrogens is 446 g/mol. The predicted molar refractivity (Wildman–Crippen MR) is 120 cm³/mol. The number of benzene rings is 3. The Hall–Kier alpha value is -4.14. The van der Waals surface area contributed by atoms with Crippen molar-refractivity contribution < 1.29 is 32.6 Å². The molecule has 7 nitrogen and oxygen atoms in total. The molecule has 1 aliphatic rings. The summed E-state index contributed by atoms with van der Waals surface area (Å²) < 4.78 is 43.2. The molecule has 0 aromatic heterocycles. The largest absolute Gasteiger partial charge is 0.493 e. The highest BCUT2D eigenvalue weighted by Crippen LogP contribution is 2.30. The molecule has 1 aliphatic heterocycles. The van der Waals surface area contributed by atoms with E-state index in [0.717, 1.165) is 6.07 Å². The van der Waals surface area contributed by atoms with Crippen molar-refractivity contribution in [2.24, 2.45) is 0 Å². The van der Waals surface area contributed by atoms with Gasteiger partial charge < -0.3 is 24.4 Å². The van der Waals surface area contributed by atoms with Crippen molar-refractivity contribution in [1.82, 2.24) is 4.90 Å². The van der Waals surface area contributed by atoms with Crippen LogP contribution in [0.15, 0.2) is 54.6 Å². The third-order valence-electron chi connectivity index (χ3n) is 5.32. The summed E-state index contributed by atoms with van der Waals surface area (Å²) in [5, 5.41) is 2.81. The van der Waals surface area contributed by atoms with Crippen LogP contribution in [0, 0.1) is 11.6 Å². The molecule has 9 heteroatoms. The first-order valence-electron chi connectivity index (χ1n) is 10.4. The average Bonchev–Trinajstić information content (AvgIpc) is 2.96. The maximum Gasteiger partial charge on any atom is 0.261 e. The van der Waals surface area contributed by atoms with Crippen molar-refractivity contribution in [2.75, 3.05) is 26.1 Å². The minimum absolute atomic E-state index is 0.0124. The molecule has 0 radical (unpaired) electrons. The Kier molecular flexibility index (Phi) is 6.62. The lowest BCUT2D eigenvalue weighted by molar-refractivity contribution is -0.133. The highest BCUT2D eigenvalue weighted by molar-refractivity contribution is 6.04. The van der Waals surface area contributed by atoms with Gasteiger partial charge in [0.1, 0.15) is 17.4 Å². The van der Waals surface area contributed by atoms with E-state index in [2.05, 4.69) is 5.32 Å². The van der Waals surface area contributed by atoms with Crippen LogP contribution in [0.4, 0.5) is 14.5 Å². The number of halogens is 2. The Morgan fingerprint density at radius 1 is 1.00 bits per heavy atom. The molecule has 0 aliphatic carbocycles. The van der Waals surface area contributed by atoms with E-state index in [1.54, 1.807) is 36.4 Å². The number of hydrogen-bond donors (Lipinski definition) is 1. The van der Waals surface area contributed by atoms with Crippen molar-refractivity contribution in [2.45, 2.75) is 13.1 Å². The van der Waals surface area contributed by atoms with Crippen LogP contribution in [0.1, 0.15) is 21.5 Å². The van der Waals surface area contributed by atoms with Gasteiger partial charge in [0.2, 0.25) is 0 Å². The number of amides is 2. The number of ether oxygens (including phenoxy) is 3. The van der Waals surface area contributed by atoms with Gasteiger partial charge in [-0.05, 0) is 54.1 Å². The normalized spacial score (nSPS) is 12.9. The Morgan fingerprint density at radius 3 is 2.44 bits per heavy atom. The molecule has 0 saturated carbocycles. The lowest BCUT2D eigenvalue weighted by atomic mass is 10.1. The molecule has 0 bridgehead atoms. The number of rotatable bonds is 6. The van der Waals surface area contributed by atoms with Gasteiger partial charge in [-0.15, -0.1) is 0 Å². The number of nitrogens with zero attached hydrogens (tertiary/aromatic N) is 1. The zero-order valence-electron chi connectivity index (χ0n) is 18.6. The second-order valence-electron chi connectivity index (χ2n) is 7.66. The topological polar surface area (TPSA) is 77.1 Å². The summed E-state index contributed by atoms with van der Waals surface area (Å²) >= 11 is 0. The van der Waals surface area contributed by atoms with Crippen LogP contribution in [-0.4, -0.2) is 37.5 Å². The Balaban J connectivity index is 1.53. The number of fused-ring (bicyclic) bond motifs is 1. The predicted octanol–water partition coefficient (Wildman–Crippen LogP) is 4.16. The van der Waals surface area contributed by atoms with Gasteiger partial charge in [-0.1, -0.05) is 0 Å². The highest BCUT2D eigenvalue weighted by atomic mass is 19.1. The van der Waals surface area contributed by atoms with E-state index in [9.17, 15) is 18.4 Å². The minimum atomic E-state index is -0.714. The van der Waals surface area contributed by atoms with Crippen LogP contribution in [0.5, 0.6) is 17.2 Å². The summed E-state index contributed by atoms with van der Waals surface area (Å²) in [6, 6.07) is 13.0. The molecule has 3 aromatic carbocycles. The van der Waals surface area contributed by atoms with Gasteiger partial charge in [0.15, 0.2) is 18.1 Å². The van der Waals surface area contributed by atoms with Gasteiger partial charge in [-0.25, -0.2) is 8.78 Å². The maximum absolute atomic E-state index is 13.6. The lowest BCUT2D eigenvalue weighted by Crippen LogP contribution is -2.31. The molecule has 0 spiro atoms. The van der Waals surface area contributed by atoms with Gasteiger partial charge in [0, 0.05) is 36.0 Å². The monoisotopic (exact) mass is 468 g/mol. The molecule has 3 aromatic rings. The van der Waals surface area contributed by atoms with Crippen LogP contribution < -0.4 is 19.5 Å². The summed E-state index contributed by atoms with van der Waals surface area (Å²) in [5.41, 5.74) is 1.84. The molecule has 176 valence electrons. The van der Waals surface area contributed by atoms with Crippen molar-refractivity contribution in [3.63, 3.8) is 0 Å². The first kappa shape index (κ1) is 23.0. The number of anilines is 1. The fraction of sp³-hybridized carbons (Fsp3) is 0.200. The first-order chi connectivity index (χ1) is 16.4. The van der Waals surface area contributed by atoms with Crippen LogP contribution in [0.25, 0.3) is 0 Å². The summed E-state index contributed by atoms with van der Waals surface area (Å²) in [6.45, 7) is -0.0486. The Morgan fingerprint density at radius 2 is 1.74 bits per heavy atom. The molecule has 1 N–H and O–H groups in total. The van der Waals surface area contributed by atoms with E-state index in [-0.39, 0.29) is 31.5 Å². The van der Waals surface area contributed by atoms with Gasteiger partial charge >= 0.3 is 0 Å². The zero-order chi connectivity index (χ0) is 24.2. The number of carbonyl (C=O) groups is 2. The number of hydrogen-bond acceptors (Lipinski definition) is 5. The van der Waals surface area contributed by atoms with Crippen LogP contribution >= 0.6 is 0 Å². The van der Waals surface area contributed by atoms with Crippen LogP contribution in [0.3, 0.4) is 0 Å². The van der Waals surface area contributed by atoms with Gasteiger partial charge in [0.25, 0.3) is 11.8 Å². The maximum atomic E-state index is 13.6. The van der Waals surface area contributed by atoms with Gasteiger partial charge in [-0.3, -0.25) is 9.59 Å². The molecular formula is C25H22F2N2O5. The Bertz CT molecular complexity index is 1230. The van der Waals surface area contributed by atoms with Gasteiger partial charge in [-0.2, -0.15) is 0 Å². The van der Waals surface area contributed by atoms with Crippen molar-refractivity contribution >= 4 is 17.5 Å². The molecule has 1 heterocycles. The molecule has 0 fully saturated rings. The molecule has 2 amide bonds. The quantitative estimate of drug-likeness (QED) is 0.588. The summed E-state index contributed by atoms with van der Waals surface area (Å²) in [7, 11) is 2.99. The minimum Gasteiger partial charge on any atom is -0.493 e. The zero-order valence-corrected chi connectivity index (χ0v) is 18.6. The van der Waals surface area contributed by atoms with E-state index >= 15 is 0 Å². The second kappa shape index (κ2) is 9.78.